The van der Waals surface area contributed by atoms with E-state index in [1.807, 2.05) is 47.0 Å². The van der Waals surface area contributed by atoms with Crippen LogP contribution in [0.4, 0.5) is 0 Å². The highest BCUT2D eigenvalue weighted by molar-refractivity contribution is 7.99. The minimum absolute atomic E-state index is 0.835. The highest BCUT2D eigenvalue weighted by atomic mass is 32.2. The normalized spacial score (nSPS) is 11.0. The summed E-state index contributed by atoms with van der Waals surface area (Å²) in [7, 11) is 1.66. The van der Waals surface area contributed by atoms with Crippen LogP contribution in [0.5, 0.6) is 5.75 Å². The van der Waals surface area contributed by atoms with Crippen LogP contribution in [-0.4, -0.2) is 27.6 Å². The van der Waals surface area contributed by atoms with Crippen LogP contribution < -0.4 is 4.74 Å². The van der Waals surface area contributed by atoms with E-state index in [1.54, 1.807) is 25.2 Å². The number of methoxy groups -OCH3 is 1. The molecule has 0 unspecified atom stereocenters. The zero-order valence-corrected chi connectivity index (χ0v) is 13.6. The van der Waals surface area contributed by atoms with Gasteiger partial charge in [-0.3, -0.25) is 4.57 Å². The van der Waals surface area contributed by atoms with Gasteiger partial charge in [-0.2, -0.15) is 0 Å². The fourth-order valence-corrected chi connectivity index (χ4v) is 2.85. The number of benzene rings is 2. The topological polar surface area (TPSA) is 39.9 Å². The maximum atomic E-state index is 5.18. The third-order valence-electron chi connectivity index (χ3n) is 3.29. The molecule has 0 fully saturated rings. The summed E-state index contributed by atoms with van der Waals surface area (Å²) >= 11 is 1.65. The van der Waals surface area contributed by atoms with Crippen molar-refractivity contribution in [3.8, 4) is 11.4 Å². The van der Waals surface area contributed by atoms with Gasteiger partial charge in [0.05, 0.1) is 7.11 Å². The van der Waals surface area contributed by atoms with E-state index in [1.165, 1.54) is 5.56 Å². The molecule has 1 aromatic heterocycles. The first-order valence-corrected chi connectivity index (χ1v) is 8.24. The van der Waals surface area contributed by atoms with Gasteiger partial charge in [-0.25, -0.2) is 0 Å². The number of rotatable bonds is 6. The quantitative estimate of drug-likeness (QED) is 0.641. The third kappa shape index (κ3) is 4.02. The van der Waals surface area contributed by atoms with Crippen LogP contribution in [0.3, 0.4) is 0 Å². The van der Waals surface area contributed by atoms with Crippen molar-refractivity contribution in [2.75, 3.05) is 12.9 Å². The lowest BCUT2D eigenvalue weighted by atomic mass is 10.2. The number of ether oxygens (including phenoxy) is 1. The van der Waals surface area contributed by atoms with Crippen molar-refractivity contribution in [3.63, 3.8) is 0 Å². The molecule has 3 rings (SSSR count). The Morgan fingerprint density at radius 1 is 1.09 bits per heavy atom. The molecule has 23 heavy (non-hydrogen) atoms. The van der Waals surface area contributed by atoms with Crippen LogP contribution in [0, 0.1) is 0 Å². The lowest BCUT2D eigenvalue weighted by Crippen LogP contribution is -1.95. The first kappa shape index (κ1) is 15.4. The molecule has 3 aromatic rings. The highest BCUT2D eigenvalue weighted by Crippen LogP contribution is 2.21. The predicted octanol–water partition coefficient (Wildman–Crippen LogP) is 4.08. The molecule has 0 bridgehead atoms. The molecule has 5 heteroatoms. The largest absolute Gasteiger partial charge is 0.497 e. The van der Waals surface area contributed by atoms with Gasteiger partial charge in [-0.1, -0.05) is 54.2 Å². The summed E-state index contributed by atoms with van der Waals surface area (Å²) in [6, 6.07) is 18.1. The lowest BCUT2D eigenvalue weighted by molar-refractivity contribution is 0.414. The number of aromatic nitrogens is 3. The molecular formula is C18H17N3OS. The second-order valence-electron chi connectivity index (χ2n) is 4.81. The minimum atomic E-state index is 0.835. The Kier molecular flexibility index (Phi) is 5.11. The van der Waals surface area contributed by atoms with E-state index in [9.17, 15) is 0 Å². The van der Waals surface area contributed by atoms with Crippen LogP contribution in [0.2, 0.25) is 0 Å². The second kappa shape index (κ2) is 7.65. The molecule has 0 amide bonds. The van der Waals surface area contributed by atoms with Gasteiger partial charge in [0.2, 0.25) is 0 Å². The van der Waals surface area contributed by atoms with E-state index in [0.29, 0.717) is 0 Å². The maximum absolute atomic E-state index is 5.18. The van der Waals surface area contributed by atoms with Gasteiger partial charge >= 0.3 is 0 Å². The highest BCUT2D eigenvalue weighted by Gasteiger charge is 2.06. The van der Waals surface area contributed by atoms with Gasteiger partial charge in [0, 0.05) is 11.4 Å². The van der Waals surface area contributed by atoms with Gasteiger partial charge in [0.25, 0.3) is 0 Å². The Morgan fingerprint density at radius 3 is 2.61 bits per heavy atom. The summed E-state index contributed by atoms with van der Waals surface area (Å²) in [5.74, 6) is 1.67. The average molecular weight is 323 g/mol. The van der Waals surface area contributed by atoms with Crippen molar-refractivity contribution in [1.29, 1.82) is 0 Å². The summed E-state index contributed by atoms with van der Waals surface area (Å²) in [5.41, 5.74) is 2.22. The Balaban J connectivity index is 1.65. The molecule has 0 atom stereocenters. The molecule has 0 aliphatic heterocycles. The standard InChI is InChI=1S/C18H17N3OS/c1-22-17-11-9-16(10-12-17)21-14-19-20-18(21)23-13-5-8-15-6-3-2-4-7-15/h2-12,14H,13H2,1H3. The molecule has 0 saturated carbocycles. The zero-order chi connectivity index (χ0) is 15.9. The monoisotopic (exact) mass is 323 g/mol. The third-order valence-corrected chi connectivity index (χ3v) is 4.18. The SMILES string of the molecule is COc1ccc(-n2cnnc2SCC=Cc2ccccc2)cc1. The van der Waals surface area contributed by atoms with Crippen LogP contribution >= 0.6 is 11.8 Å². The minimum Gasteiger partial charge on any atom is -0.497 e. The molecule has 0 saturated heterocycles. The smallest absolute Gasteiger partial charge is 0.195 e. The molecule has 0 aliphatic rings. The summed E-state index contributed by atoms with van der Waals surface area (Å²) in [6.07, 6.45) is 5.97. The van der Waals surface area contributed by atoms with Crippen LogP contribution in [0.15, 0.2) is 72.2 Å². The Bertz CT molecular complexity index is 766. The lowest BCUT2D eigenvalue weighted by Gasteiger charge is -2.06. The van der Waals surface area contributed by atoms with Crippen LogP contribution in [-0.2, 0) is 0 Å². The molecule has 0 N–H and O–H groups in total. The van der Waals surface area contributed by atoms with E-state index in [-0.39, 0.29) is 0 Å². The molecule has 1 heterocycles. The molecule has 0 radical (unpaired) electrons. The van der Waals surface area contributed by atoms with E-state index in [0.717, 1.165) is 22.3 Å². The van der Waals surface area contributed by atoms with E-state index in [4.69, 9.17) is 4.74 Å². The molecular weight excluding hydrogens is 306 g/mol. The first-order valence-electron chi connectivity index (χ1n) is 7.25. The van der Waals surface area contributed by atoms with Crippen LogP contribution in [0.25, 0.3) is 11.8 Å². The van der Waals surface area contributed by atoms with Gasteiger partial charge < -0.3 is 4.74 Å². The van der Waals surface area contributed by atoms with Gasteiger partial charge in [0.15, 0.2) is 5.16 Å². The fourth-order valence-electron chi connectivity index (χ4n) is 2.11. The van der Waals surface area contributed by atoms with E-state index in [2.05, 4.69) is 34.5 Å². The summed E-state index contributed by atoms with van der Waals surface area (Å²) in [6.45, 7) is 0. The Morgan fingerprint density at radius 2 is 1.87 bits per heavy atom. The molecule has 4 nitrogen and oxygen atoms in total. The Labute approximate surface area is 139 Å². The van der Waals surface area contributed by atoms with Gasteiger partial charge in [0.1, 0.15) is 12.1 Å². The second-order valence-corrected chi connectivity index (χ2v) is 5.79. The van der Waals surface area contributed by atoms with Gasteiger partial charge in [-0.05, 0) is 29.8 Å². The zero-order valence-electron chi connectivity index (χ0n) is 12.8. The van der Waals surface area contributed by atoms with Crippen molar-refractivity contribution in [2.24, 2.45) is 0 Å². The van der Waals surface area contributed by atoms with Crippen molar-refractivity contribution < 1.29 is 4.74 Å². The molecule has 2 aromatic carbocycles. The molecule has 116 valence electrons. The maximum Gasteiger partial charge on any atom is 0.195 e. The van der Waals surface area contributed by atoms with Crippen molar-refractivity contribution in [1.82, 2.24) is 14.8 Å². The fraction of sp³-hybridized carbons (Fsp3) is 0.111. The number of thioether (sulfide) groups is 1. The average Bonchev–Trinajstić information content (AvgIpc) is 3.08. The van der Waals surface area contributed by atoms with Crippen LogP contribution in [0.1, 0.15) is 5.56 Å². The number of hydrogen-bond acceptors (Lipinski definition) is 4. The predicted molar refractivity (Wildman–Crippen MR) is 94.1 cm³/mol. The summed E-state index contributed by atoms with van der Waals surface area (Å²) < 4.78 is 7.16. The van der Waals surface area contributed by atoms with Gasteiger partial charge in [-0.15, -0.1) is 10.2 Å². The molecule has 0 spiro atoms. The Hall–Kier alpha value is -2.53. The number of hydrogen-bond donors (Lipinski definition) is 0. The summed E-state index contributed by atoms with van der Waals surface area (Å²) in [5, 5.41) is 9.07. The van der Waals surface area contributed by atoms with E-state index >= 15 is 0 Å². The number of nitrogens with zero attached hydrogens (tertiary/aromatic N) is 3. The van der Waals surface area contributed by atoms with Crippen molar-refractivity contribution in [3.05, 3.63) is 72.6 Å². The summed E-state index contributed by atoms with van der Waals surface area (Å²) in [4.78, 5) is 0. The first-order chi connectivity index (χ1) is 11.4. The van der Waals surface area contributed by atoms with E-state index < -0.39 is 0 Å². The molecule has 0 aliphatic carbocycles. The van der Waals surface area contributed by atoms with Crippen molar-refractivity contribution >= 4 is 17.8 Å². The van der Waals surface area contributed by atoms with Crippen molar-refractivity contribution in [2.45, 2.75) is 5.16 Å².